The van der Waals surface area contributed by atoms with Gasteiger partial charge in [-0.3, -0.25) is 0 Å². The number of fused-ring (bicyclic) bond motifs is 9. The van der Waals surface area contributed by atoms with Gasteiger partial charge in [0, 0.05) is 38.5 Å². The Hall–Kier alpha value is -6.63. The Kier molecular flexibility index (Phi) is 5.64. The van der Waals surface area contributed by atoms with Gasteiger partial charge in [-0.2, -0.15) is 5.26 Å². The number of para-hydroxylation sites is 4. The van der Waals surface area contributed by atoms with Gasteiger partial charge in [0.15, 0.2) is 0 Å². The van der Waals surface area contributed by atoms with Gasteiger partial charge < -0.3 is 9.13 Å². The molecule has 10 rings (SSSR count). The van der Waals surface area contributed by atoms with Crippen LogP contribution in [0.25, 0.3) is 87.7 Å². The molecule has 0 spiro atoms. The van der Waals surface area contributed by atoms with Crippen molar-refractivity contribution in [1.29, 1.82) is 5.26 Å². The normalized spacial score (nSPS) is 11.7. The average molecular weight is 610 g/mol. The molecule has 0 aliphatic rings. The Morgan fingerprint density at radius 1 is 0.396 bits per heavy atom. The molecule has 10 aromatic rings. The minimum Gasteiger partial charge on any atom is -0.309 e. The second-order valence-corrected chi connectivity index (χ2v) is 12.5. The van der Waals surface area contributed by atoms with E-state index in [1.807, 2.05) is 12.1 Å². The number of hydrogen-bond acceptors (Lipinski definition) is 1. The Labute approximate surface area is 276 Å². The molecule has 0 amide bonds. The van der Waals surface area contributed by atoms with Gasteiger partial charge >= 0.3 is 0 Å². The second-order valence-electron chi connectivity index (χ2n) is 12.5. The van der Waals surface area contributed by atoms with E-state index in [2.05, 4.69) is 167 Å². The lowest BCUT2D eigenvalue weighted by molar-refractivity contribution is 1.18. The van der Waals surface area contributed by atoms with E-state index in [0.29, 0.717) is 5.56 Å². The molecule has 0 unspecified atom stereocenters. The van der Waals surface area contributed by atoms with Crippen LogP contribution in [-0.2, 0) is 0 Å². The lowest BCUT2D eigenvalue weighted by atomic mass is 9.99. The summed E-state index contributed by atoms with van der Waals surface area (Å²) in [6.07, 6.45) is 0. The van der Waals surface area contributed by atoms with Crippen molar-refractivity contribution in [3.8, 4) is 28.6 Å². The maximum Gasteiger partial charge on any atom is 0.0991 e. The molecule has 2 heterocycles. The summed E-state index contributed by atoms with van der Waals surface area (Å²) in [6, 6.07) is 60.9. The smallest absolute Gasteiger partial charge is 0.0991 e. The Morgan fingerprint density at radius 2 is 1.08 bits per heavy atom. The van der Waals surface area contributed by atoms with Crippen molar-refractivity contribution in [2.75, 3.05) is 0 Å². The van der Waals surface area contributed by atoms with E-state index in [9.17, 15) is 5.26 Å². The molecule has 222 valence electrons. The van der Waals surface area contributed by atoms with E-state index < -0.39 is 0 Å². The van der Waals surface area contributed by atoms with E-state index in [1.54, 1.807) is 0 Å². The molecule has 0 aliphatic heterocycles. The Morgan fingerprint density at radius 3 is 1.92 bits per heavy atom. The van der Waals surface area contributed by atoms with Crippen molar-refractivity contribution in [3.05, 3.63) is 169 Å². The minimum atomic E-state index is 0.675. The Bertz CT molecular complexity index is 2950. The predicted molar refractivity (Wildman–Crippen MR) is 200 cm³/mol. The third kappa shape index (κ3) is 3.81. The van der Waals surface area contributed by atoms with Crippen LogP contribution in [0.4, 0.5) is 0 Å². The molecule has 3 nitrogen and oxygen atoms in total. The van der Waals surface area contributed by atoms with Crippen molar-refractivity contribution in [1.82, 2.24) is 9.13 Å². The molecular formula is C45H27N3. The van der Waals surface area contributed by atoms with Crippen molar-refractivity contribution < 1.29 is 0 Å². The van der Waals surface area contributed by atoms with Crippen LogP contribution in [0.1, 0.15) is 5.56 Å². The number of nitriles is 1. The summed E-state index contributed by atoms with van der Waals surface area (Å²) in [5, 5.41) is 19.0. The van der Waals surface area contributed by atoms with Crippen molar-refractivity contribution >= 4 is 65.2 Å². The van der Waals surface area contributed by atoms with Crippen molar-refractivity contribution in [2.45, 2.75) is 0 Å². The van der Waals surface area contributed by atoms with E-state index in [1.165, 1.54) is 65.5 Å². The summed E-state index contributed by atoms with van der Waals surface area (Å²) in [5.41, 5.74) is 10.1. The third-order valence-corrected chi connectivity index (χ3v) is 9.90. The van der Waals surface area contributed by atoms with Gasteiger partial charge in [-0.15, -0.1) is 0 Å². The molecular weight excluding hydrogens is 583 g/mol. The van der Waals surface area contributed by atoms with Gasteiger partial charge in [0.25, 0.3) is 0 Å². The summed E-state index contributed by atoms with van der Waals surface area (Å²) in [4.78, 5) is 0. The summed E-state index contributed by atoms with van der Waals surface area (Å²) in [5.74, 6) is 0. The molecule has 0 aliphatic carbocycles. The highest BCUT2D eigenvalue weighted by Gasteiger charge is 2.19. The lowest BCUT2D eigenvalue weighted by Crippen LogP contribution is -1.96. The standard InChI is InChI=1S/C45H27N3/c46-28-29-17-23-35-31(25-29)19-18-30-20-22-34(27-40(30)35)48-43-16-7-4-11-37(43)39-14-8-13-36(45(39)48)32-21-24-44-41(26-32)38-12-5-6-15-42(38)47(44)33-9-2-1-3-10-33/h1-27H. The first-order valence-corrected chi connectivity index (χ1v) is 16.2. The molecule has 48 heavy (non-hydrogen) atoms. The quantitative estimate of drug-likeness (QED) is 0.183. The summed E-state index contributed by atoms with van der Waals surface area (Å²) in [7, 11) is 0. The topological polar surface area (TPSA) is 33.6 Å². The van der Waals surface area contributed by atoms with Gasteiger partial charge in [-0.1, -0.05) is 103 Å². The zero-order chi connectivity index (χ0) is 31.8. The van der Waals surface area contributed by atoms with Crippen LogP contribution in [-0.4, -0.2) is 9.13 Å². The first-order chi connectivity index (χ1) is 23.8. The van der Waals surface area contributed by atoms with Crippen molar-refractivity contribution in [3.63, 3.8) is 0 Å². The lowest BCUT2D eigenvalue weighted by Gasteiger charge is -2.14. The fraction of sp³-hybridized carbons (Fsp3) is 0. The molecule has 0 saturated heterocycles. The van der Waals surface area contributed by atoms with E-state index in [-0.39, 0.29) is 0 Å². The van der Waals surface area contributed by atoms with E-state index in [0.717, 1.165) is 22.1 Å². The van der Waals surface area contributed by atoms with Crippen LogP contribution in [0.5, 0.6) is 0 Å². The maximum atomic E-state index is 9.51. The van der Waals surface area contributed by atoms with Crippen molar-refractivity contribution in [2.24, 2.45) is 0 Å². The average Bonchev–Trinajstić information content (AvgIpc) is 3.67. The summed E-state index contributed by atoms with van der Waals surface area (Å²) in [6.45, 7) is 0. The van der Waals surface area contributed by atoms with Gasteiger partial charge in [-0.05, 0) is 87.8 Å². The minimum absolute atomic E-state index is 0.675. The first kappa shape index (κ1) is 26.6. The van der Waals surface area contributed by atoms with Crippen LogP contribution in [0, 0.1) is 11.3 Å². The molecule has 0 radical (unpaired) electrons. The molecule has 0 saturated carbocycles. The highest BCUT2D eigenvalue weighted by atomic mass is 15.0. The van der Waals surface area contributed by atoms with Crippen LogP contribution in [0.15, 0.2) is 164 Å². The molecule has 8 aromatic carbocycles. The largest absolute Gasteiger partial charge is 0.309 e. The third-order valence-electron chi connectivity index (χ3n) is 9.90. The fourth-order valence-corrected chi connectivity index (χ4v) is 7.77. The van der Waals surface area contributed by atoms with Crippen LogP contribution in [0.3, 0.4) is 0 Å². The monoisotopic (exact) mass is 609 g/mol. The molecule has 0 atom stereocenters. The zero-order valence-corrected chi connectivity index (χ0v) is 25.9. The number of nitrogens with zero attached hydrogens (tertiary/aromatic N) is 3. The molecule has 2 aromatic heterocycles. The number of benzene rings is 8. The highest BCUT2D eigenvalue weighted by molar-refractivity contribution is 6.16. The fourth-order valence-electron chi connectivity index (χ4n) is 7.77. The van der Waals surface area contributed by atoms with Crippen LogP contribution < -0.4 is 0 Å². The zero-order valence-electron chi connectivity index (χ0n) is 25.9. The molecule has 0 bridgehead atoms. The molecule has 0 fully saturated rings. The van der Waals surface area contributed by atoms with Gasteiger partial charge in [0.05, 0.1) is 33.7 Å². The number of hydrogen-bond donors (Lipinski definition) is 0. The SMILES string of the molecule is N#Cc1ccc2c(ccc3ccc(-n4c5ccccc5c5cccc(-c6ccc7c(c6)c6ccccc6n7-c6ccccc6)c54)cc32)c1. The van der Waals surface area contributed by atoms with E-state index in [4.69, 9.17) is 0 Å². The molecule has 0 N–H and O–H groups in total. The van der Waals surface area contributed by atoms with Crippen LogP contribution >= 0.6 is 0 Å². The van der Waals surface area contributed by atoms with Gasteiger partial charge in [0.1, 0.15) is 0 Å². The van der Waals surface area contributed by atoms with E-state index >= 15 is 0 Å². The van der Waals surface area contributed by atoms with Crippen LogP contribution in [0.2, 0.25) is 0 Å². The van der Waals surface area contributed by atoms with Gasteiger partial charge in [-0.25, -0.2) is 0 Å². The highest BCUT2D eigenvalue weighted by Crippen LogP contribution is 2.41. The number of aromatic nitrogens is 2. The predicted octanol–water partition coefficient (Wildman–Crippen LogP) is 11.7. The summed E-state index contributed by atoms with van der Waals surface area (Å²) < 4.78 is 4.80. The summed E-state index contributed by atoms with van der Waals surface area (Å²) >= 11 is 0. The molecule has 3 heteroatoms. The number of rotatable bonds is 3. The maximum absolute atomic E-state index is 9.51. The Balaban J connectivity index is 1.26. The first-order valence-electron chi connectivity index (χ1n) is 16.2. The van der Waals surface area contributed by atoms with Gasteiger partial charge in [0.2, 0.25) is 0 Å². The second kappa shape index (κ2) is 10.2.